The highest BCUT2D eigenvalue weighted by molar-refractivity contribution is 5.95. The molecule has 2 aromatic carbocycles. The topological polar surface area (TPSA) is 111 Å². The fourth-order valence-corrected chi connectivity index (χ4v) is 4.44. The van der Waals surface area contributed by atoms with Gasteiger partial charge in [0, 0.05) is 12.1 Å². The van der Waals surface area contributed by atoms with Crippen LogP contribution < -0.4 is 5.73 Å². The highest BCUT2D eigenvalue weighted by atomic mass is 19.1. The fourth-order valence-electron chi connectivity index (χ4n) is 4.44. The number of likely N-dealkylation sites (tertiary alicyclic amines) is 1. The van der Waals surface area contributed by atoms with Crippen molar-refractivity contribution in [2.75, 3.05) is 6.54 Å². The van der Waals surface area contributed by atoms with Gasteiger partial charge in [0.15, 0.2) is 0 Å². The smallest absolute Gasteiger partial charge is 0.254 e. The first-order valence-corrected chi connectivity index (χ1v) is 11.6. The van der Waals surface area contributed by atoms with Gasteiger partial charge in [0.2, 0.25) is 11.8 Å². The van der Waals surface area contributed by atoms with Crippen LogP contribution >= 0.6 is 0 Å². The minimum absolute atomic E-state index is 0.0000952. The molecule has 1 saturated heterocycles. The maximum atomic E-state index is 14.8. The van der Waals surface area contributed by atoms with Gasteiger partial charge in [-0.1, -0.05) is 12.1 Å². The molecule has 186 valence electrons. The van der Waals surface area contributed by atoms with E-state index in [1.807, 2.05) is 6.92 Å². The van der Waals surface area contributed by atoms with E-state index in [1.54, 1.807) is 30.2 Å². The SMILES string of the molecule is Cc1coc([C@H]2CCCN2C(=O)c2ccc(F)c(-c3nnc([C@@](C)(N)Cc4ccc(F)cc4)o3)c2)n1. The molecule has 0 unspecified atom stereocenters. The summed E-state index contributed by atoms with van der Waals surface area (Å²) in [6.07, 6.45) is 3.39. The van der Waals surface area contributed by atoms with Gasteiger partial charge < -0.3 is 19.5 Å². The lowest BCUT2D eigenvalue weighted by Crippen LogP contribution is -2.35. The van der Waals surface area contributed by atoms with Crippen LogP contribution in [0.5, 0.6) is 0 Å². The molecule has 5 rings (SSSR count). The minimum Gasteiger partial charge on any atom is -0.446 e. The molecule has 0 spiro atoms. The Morgan fingerprint density at radius 2 is 1.97 bits per heavy atom. The van der Waals surface area contributed by atoms with Crippen LogP contribution in [-0.2, 0) is 12.0 Å². The number of amides is 1. The summed E-state index contributed by atoms with van der Waals surface area (Å²) in [7, 11) is 0. The van der Waals surface area contributed by atoms with E-state index >= 15 is 0 Å². The maximum absolute atomic E-state index is 14.8. The van der Waals surface area contributed by atoms with Gasteiger partial charge in [0.1, 0.15) is 23.9 Å². The van der Waals surface area contributed by atoms with E-state index in [0.717, 1.165) is 24.1 Å². The Kier molecular flexibility index (Phi) is 6.13. The van der Waals surface area contributed by atoms with Crippen molar-refractivity contribution >= 4 is 5.91 Å². The van der Waals surface area contributed by atoms with Crippen molar-refractivity contribution in [3.8, 4) is 11.5 Å². The Morgan fingerprint density at radius 3 is 2.69 bits per heavy atom. The number of rotatable bonds is 6. The molecule has 1 aliphatic rings. The molecule has 0 bridgehead atoms. The molecule has 1 amide bonds. The number of oxazole rings is 1. The Morgan fingerprint density at radius 1 is 1.19 bits per heavy atom. The number of benzene rings is 2. The van der Waals surface area contributed by atoms with E-state index in [4.69, 9.17) is 14.6 Å². The van der Waals surface area contributed by atoms with Crippen molar-refractivity contribution in [3.63, 3.8) is 0 Å². The standard InChI is InChI=1S/C26H25F2N5O3/c1-15-14-35-23(30-15)21-4-3-11-33(21)24(34)17-7-10-20(28)19(12-17)22-31-32-25(36-22)26(2,29)13-16-5-8-18(27)9-6-16/h5-10,12,14,21H,3-4,11,13,29H2,1-2H3/t21-,26+/m1/s1. The Labute approximate surface area is 206 Å². The van der Waals surface area contributed by atoms with Gasteiger partial charge in [-0.25, -0.2) is 13.8 Å². The quantitative estimate of drug-likeness (QED) is 0.414. The zero-order valence-electron chi connectivity index (χ0n) is 19.9. The molecule has 36 heavy (non-hydrogen) atoms. The van der Waals surface area contributed by atoms with E-state index in [9.17, 15) is 13.6 Å². The van der Waals surface area contributed by atoms with Crippen LogP contribution in [0, 0.1) is 18.6 Å². The monoisotopic (exact) mass is 493 g/mol. The number of halogens is 2. The summed E-state index contributed by atoms with van der Waals surface area (Å²) in [6, 6.07) is 9.68. The lowest BCUT2D eigenvalue weighted by molar-refractivity contribution is 0.0715. The number of carbonyl (C=O) groups is 1. The van der Waals surface area contributed by atoms with Crippen LogP contribution in [0.3, 0.4) is 0 Å². The highest BCUT2D eigenvalue weighted by Crippen LogP contribution is 2.34. The van der Waals surface area contributed by atoms with Gasteiger partial charge in [0.25, 0.3) is 11.8 Å². The van der Waals surface area contributed by atoms with Gasteiger partial charge in [-0.3, -0.25) is 4.79 Å². The predicted octanol–water partition coefficient (Wildman–Crippen LogP) is 4.71. The fraction of sp³-hybridized carbons (Fsp3) is 0.308. The van der Waals surface area contributed by atoms with Crippen molar-refractivity contribution in [1.82, 2.24) is 20.1 Å². The molecule has 2 atom stereocenters. The molecule has 3 heterocycles. The second-order valence-corrected chi connectivity index (χ2v) is 9.31. The minimum atomic E-state index is -1.08. The molecule has 10 heteroatoms. The normalized spacial score (nSPS) is 17.4. The van der Waals surface area contributed by atoms with Crippen molar-refractivity contribution in [1.29, 1.82) is 0 Å². The molecule has 1 aliphatic heterocycles. The Bertz CT molecular complexity index is 1400. The number of hydrogen-bond acceptors (Lipinski definition) is 7. The van der Waals surface area contributed by atoms with Crippen molar-refractivity contribution in [2.45, 2.75) is 44.7 Å². The Hall–Kier alpha value is -3.92. The van der Waals surface area contributed by atoms with Crippen LogP contribution in [-0.4, -0.2) is 32.5 Å². The molecule has 0 radical (unpaired) electrons. The summed E-state index contributed by atoms with van der Waals surface area (Å²) >= 11 is 0. The van der Waals surface area contributed by atoms with Crippen molar-refractivity contribution < 1.29 is 22.4 Å². The first-order valence-electron chi connectivity index (χ1n) is 11.6. The van der Waals surface area contributed by atoms with Crippen LogP contribution in [0.2, 0.25) is 0 Å². The van der Waals surface area contributed by atoms with Crippen molar-refractivity contribution in [3.05, 3.63) is 89.0 Å². The number of nitrogens with two attached hydrogens (primary N) is 1. The summed E-state index contributed by atoms with van der Waals surface area (Å²) in [6.45, 7) is 4.06. The number of aryl methyl sites for hydroxylation is 1. The molecule has 0 aliphatic carbocycles. The third-order valence-electron chi connectivity index (χ3n) is 6.28. The van der Waals surface area contributed by atoms with Crippen LogP contribution in [0.4, 0.5) is 8.78 Å². The molecule has 4 aromatic rings. The average Bonchev–Trinajstić information content (AvgIpc) is 3.61. The van der Waals surface area contributed by atoms with E-state index in [-0.39, 0.29) is 40.7 Å². The van der Waals surface area contributed by atoms with E-state index < -0.39 is 11.4 Å². The first kappa shape index (κ1) is 23.8. The van der Waals surface area contributed by atoms with Crippen LogP contribution in [0.15, 0.2) is 57.6 Å². The van der Waals surface area contributed by atoms with E-state index in [1.165, 1.54) is 30.3 Å². The number of aromatic nitrogens is 3. The maximum Gasteiger partial charge on any atom is 0.254 e. The van der Waals surface area contributed by atoms with Gasteiger partial charge in [0.05, 0.1) is 16.8 Å². The lowest BCUT2D eigenvalue weighted by atomic mass is 9.94. The first-order chi connectivity index (χ1) is 17.2. The van der Waals surface area contributed by atoms with Gasteiger partial charge in [-0.05, 0) is 69.0 Å². The zero-order chi connectivity index (χ0) is 25.4. The van der Waals surface area contributed by atoms with Crippen molar-refractivity contribution in [2.24, 2.45) is 5.73 Å². The van der Waals surface area contributed by atoms with Gasteiger partial charge in [-0.2, -0.15) is 0 Å². The lowest BCUT2D eigenvalue weighted by Gasteiger charge is -2.22. The third-order valence-corrected chi connectivity index (χ3v) is 6.28. The van der Waals surface area contributed by atoms with Crippen LogP contribution in [0.25, 0.3) is 11.5 Å². The second-order valence-electron chi connectivity index (χ2n) is 9.31. The molecule has 1 fully saturated rings. The second kappa shape index (κ2) is 9.27. The molecule has 0 saturated carbocycles. The largest absolute Gasteiger partial charge is 0.446 e. The summed E-state index contributed by atoms with van der Waals surface area (Å²) in [5.74, 6) is -0.732. The zero-order valence-corrected chi connectivity index (χ0v) is 19.9. The van der Waals surface area contributed by atoms with Gasteiger partial charge in [-0.15, -0.1) is 10.2 Å². The summed E-state index contributed by atoms with van der Waals surface area (Å²) in [5.41, 5.74) is 7.13. The number of hydrogen-bond donors (Lipinski definition) is 1. The number of carbonyl (C=O) groups excluding carboxylic acids is 1. The van der Waals surface area contributed by atoms with Crippen LogP contribution in [0.1, 0.15) is 59.2 Å². The molecule has 8 nitrogen and oxygen atoms in total. The summed E-state index contributed by atoms with van der Waals surface area (Å²) < 4.78 is 39.3. The third kappa shape index (κ3) is 4.64. The number of nitrogens with zero attached hydrogens (tertiary/aromatic N) is 4. The summed E-state index contributed by atoms with van der Waals surface area (Å²) in [4.78, 5) is 19.4. The molecule has 2 N–H and O–H groups in total. The molecular weight excluding hydrogens is 468 g/mol. The predicted molar refractivity (Wildman–Crippen MR) is 126 cm³/mol. The van der Waals surface area contributed by atoms with E-state index in [0.29, 0.717) is 18.9 Å². The van der Waals surface area contributed by atoms with Gasteiger partial charge >= 0.3 is 0 Å². The molecular formula is C26H25F2N5O3. The highest BCUT2D eigenvalue weighted by Gasteiger charge is 2.34. The summed E-state index contributed by atoms with van der Waals surface area (Å²) in [5, 5.41) is 8.01. The molecule has 2 aromatic heterocycles. The Balaban J connectivity index is 1.39. The average molecular weight is 494 g/mol. The van der Waals surface area contributed by atoms with E-state index in [2.05, 4.69) is 15.2 Å².